The average molecular weight is 841 g/mol. The highest BCUT2D eigenvalue weighted by Crippen LogP contribution is 2.51. The number of benzene rings is 4. The van der Waals surface area contributed by atoms with Gasteiger partial charge in [-0.3, -0.25) is 4.57 Å². The molecule has 0 aliphatic rings. The Morgan fingerprint density at radius 1 is 0.509 bits per heavy atom. The van der Waals surface area contributed by atoms with Gasteiger partial charge in [-0.05, 0) is 117 Å². The molecule has 0 fully saturated rings. The van der Waals surface area contributed by atoms with E-state index >= 15 is 0 Å². The maximum absolute atomic E-state index is 12.7. The van der Waals surface area contributed by atoms with E-state index in [1.165, 1.54) is 40.7 Å². The Bertz CT molecular complexity index is 1580. The molecule has 0 aliphatic heterocycles. The molecule has 316 valence electrons. The number of rotatable bonds is 23. The smallest absolute Gasteiger partial charge is 0.313 e. The lowest BCUT2D eigenvalue weighted by Gasteiger charge is -2.21. The summed E-state index contributed by atoms with van der Waals surface area (Å²) in [5, 5.41) is 0. The lowest BCUT2D eigenvalue weighted by atomic mass is 9.84. The summed E-state index contributed by atoms with van der Waals surface area (Å²) in [5.74, 6) is 2.84. The monoisotopic (exact) mass is 840 g/mol. The second kappa shape index (κ2) is 29.8. The van der Waals surface area contributed by atoms with Crippen LogP contribution in [0.1, 0.15) is 145 Å². The first-order valence-electron chi connectivity index (χ1n) is 21.0. The summed E-state index contributed by atoms with van der Waals surface area (Å²) < 4.78 is 39.0. The van der Waals surface area contributed by atoms with Crippen LogP contribution >= 0.6 is 27.8 Å². The van der Waals surface area contributed by atoms with Gasteiger partial charge in [-0.2, -0.15) is 0 Å². The van der Waals surface area contributed by atoms with Crippen LogP contribution in [0.25, 0.3) is 0 Å². The first kappa shape index (κ1) is 50.8. The van der Waals surface area contributed by atoms with Gasteiger partial charge in [-0.15, -0.1) is 11.6 Å². The van der Waals surface area contributed by atoms with Crippen LogP contribution in [0.15, 0.2) is 109 Å². The Labute approximate surface area is 352 Å². The van der Waals surface area contributed by atoms with E-state index in [2.05, 4.69) is 137 Å². The second-order valence-corrected chi connectivity index (χ2v) is 17.5. The van der Waals surface area contributed by atoms with Crippen molar-refractivity contribution in [1.29, 1.82) is 0 Å². The van der Waals surface area contributed by atoms with Crippen LogP contribution < -0.4 is 0 Å². The summed E-state index contributed by atoms with van der Waals surface area (Å²) in [6, 6.07) is 38.7. The van der Waals surface area contributed by atoms with Crippen LogP contribution in [0.5, 0.6) is 0 Å². The first-order chi connectivity index (χ1) is 27.6. The summed E-state index contributed by atoms with van der Waals surface area (Å²) in [5.41, 5.74) is 7.79. The quantitative estimate of drug-likeness (QED) is 0.0548. The van der Waals surface area contributed by atoms with Gasteiger partial charge in [0.1, 0.15) is 0 Å². The minimum absolute atomic E-state index is 0.326. The first-order valence-corrected chi connectivity index (χ1v) is 24.4. The highest BCUT2D eigenvalue weighted by Gasteiger charge is 2.24. The van der Waals surface area contributed by atoms with Crippen LogP contribution in [-0.4, -0.2) is 33.0 Å². The molecule has 0 aromatic heterocycles. The van der Waals surface area contributed by atoms with Crippen molar-refractivity contribution in [2.75, 3.05) is 33.0 Å². The van der Waals surface area contributed by atoms with Crippen molar-refractivity contribution in [3.63, 3.8) is 0 Å². The molecule has 0 spiro atoms. The Morgan fingerprint density at radius 2 is 0.877 bits per heavy atom. The SMILES string of the molecule is CCC(CC(C)c1ccccc1)c1ccc(CCl)cc1.CCOP(=O)(Cc1ccc(C(CC)CC(C)c2ccccc2)cc1)OCC.CCOP(OCC)OCC. The van der Waals surface area contributed by atoms with Crippen molar-refractivity contribution < 1.29 is 27.2 Å². The van der Waals surface area contributed by atoms with E-state index < -0.39 is 16.2 Å². The van der Waals surface area contributed by atoms with Gasteiger partial charge in [0.05, 0.1) is 39.2 Å². The van der Waals surface area contributed by atoms with Gasteiger partial charge >= 0.3 is 16.2 Å². The Hall–Kier alpha value is -2.37. The minimum atomic E-state index is -3.05. The molecule has 4 aromatic rings. The highest BCUT2D eigenvalue weighted by molar-refractivity contribution is 7.53. The van der Waals surface area contributed by atoms with Gasteiger partial charge in [-0.25, -0.2) is 0 Å². The Balaban J connectivity index is 0.000000327. The molecule has 0 N–H and O–H groups in total. The fourth-order valence-electron chi connectivity index (χ4n) is 6.71. The summed E-state index contributed by atoms with van der Waals surface area (Å²) in [4.78, 5) is 0. The van der Waals surface area contributed by atoms with Crippen molar-refractivity contribution >= 4 is 27.8 Å². The van der Waals surface area contributed by atoms with Crippen LogP contribution in [0.3, 0.4) is 0 Å². The van der Waals surface area contributed by atoms with Crippen LogP contribution in [0.4, 0.5) is 0 Å². The van der Waals surface area contributed by atoms with E-state index in [-0.39, 0.29) is 0 Å². The van der Waals surface area contributed by atoms with Crippen molar-refractivity contribution in [1.82, 2.24) is 0 Å². The molecular formula is C48H71ClO6P2. The molecule has 4 unspecified atom stereocenters. The van der Waals surface area contributed by atoms with Gasteiger partial charge in [-0.1, -0.05) is 137 Å². The standard InChI is InChI=1S/C23H33O3P.C19H23Cl.C6H15O3P/c1-5-21(17-19(4)22-11-9-8-10-12-22)23-15-13-20(14-16-23)18-27(24,25-6-2)26-7-3;1-3-17(19-11-9-16(14-20)10-12-19)13-15(2)18-7-5-4-6-8-18;1-4-7-10(8-5-2)9-6-3/h8-16,19,21H,5-7,17-18H2,1-4H3;4-12,15,17H,3,13-14H2,1-2H3;4-6H2,1-3H3. The zero-order valence-electron chi connectivity index (χ0n) is 36.2. The molecular weight excluding hydrogens is 770 g/mol. The maximum atomic E-state index is 12.7. The molecule has 4 rings (SSSR count). The minimum Gasteiger partial charge on any atom is -0.313 e. The summed E-state index contributed by atoms with van der Waals surface area (Å²) in [7, 11) is -4.11. The van der Waals surface area contributed by atoms with Gasteiger partial charge in [0.15, 0.2) is 0 Å². The van der Waals surface area contributed by atoms with Gasteiger partial charge in [0.25, 0.3) is 0 Å². The molecule has 0 heterocycles. The Morgan fingerprint density at radius 3 is 1.19 bits per heavy atom. The summed E-state index contributed by atoms with van der Waals surface area (Å²) in [6.45, 7) is 21.3. The van der Waals surface area contributed by atoms with Crippen LogP contribution in [0.2, 0.25) is 0 Å². The molecule has 0 saturated heterocycles. The fourth-order valence-corrected chi connectivity index (χ4v) is 9.45. The van der Waals surface area contributed by atoms with E-state index in [1.54, 1.807) is 0 Å². The molecule has 0 aliphatic carbocycles. The topological polar surface area (TPSA) is 63.2 Å². The van der Waals surface area contributed by atoms with E-state index in [9.17, 15) is 4.57 Å². The molecule has 0 saturated carbocycles. The third-order valence-electron chi connectivity index (χ3n) is 9.79. The number of hydrogen-bond donors (Lipinski definition) is 0. The molecule has 0 bridgehead atoms. The zero-order valence-corrected chi connectivity index (χ0v) is 38.7. The molecule has 57 heavy (non-hydrogen) atoms. The zero-order chi connectivity index (χ0) is 41.9. The van der Waals surface area contributed by atoms with Gasteiger partial charge in [0, 0.05) is 5.88 Å². The lowest BCUT2D eigenvalue weighted by molar-refractivity contribution is 0.176. The number of halogens is 1. The van der Waals surface area contributed by atoms with E-state index in [0.717, 1.165) is 18.4 Å². The van der Waals surface area contributed by atoms with Crippen molar-refractivity contribution in [3.8, 4) is 0 Å². The van der Waals surface area contributed by atoms with E-state index in [0.29, 0.717) is 68.7 Å². The summed E-state index contributed by atoms with van der Waals surface area (Å²) >= 11 is 5.86. The molecule has 0 amide bonds. The normalized spacial score (nSPS) is 13.5. The third-order valence-corrected chi connectivity index (χ3v) is 13.6. The lowest BCUT2D eigenvalue weighted by Crippen LogP contribution is -2.04. The molecule has 0 radical (unpaired) electrons. The molecule has 9 heteroatoms. The van der Waals surface area contributed by atoms with Crippen LogP contribution in [-0.2, 0) is 39.2 Å². The number of alkyl halides is 1. The molecule has 6 nitrogen and oxygen atoms in total. The maximum Gasteiger partial charge on any atom is 0.335 e. The largest absolute Gasteiger partial charge is 0.335 e. The van der Waals surface area contributed by atoms with Crippen LogP contribution in [0, 0.1) is 0 Å². The fraction of sp³-hybridized carbons (Fsp3) is 0.500. The molecule has 4 atom stereocenters. The van der Waals surface area contributed by atoms with Crippen molar-refractivity contribution in [2.24, 2.45) is 0 Å². The van der Waals surface area contributed by atoms with Crippen molar-refractivity contribution in [2.45, 2.75) is 124 Å². The predicted molar refractivity (Wildman–Crippen MR) is 244 cm³/mol. The van der Waals surface area contributed by atoms with Gasteiger partial charge in [0.2, 0.25) is 0 Å². The third kappa shape index (κ3) is 19.5. The number of hydrogen-bond acceptors (Lipinski definition) is 6. The summed E-state index contributed by atoms with van der Waals surface area (Å²) in [6.07, 6.45) is 4.92. The van der Waals surface area contributed by atoms with E-state index in [4.69, 9.17) is 34.2 Å². The highest BCUT2D eigenvalue weighted by atomic mass is 35.5. The average Bonchev–Trinajstić information content (AvgIpc) is 3.23. The predicted octanol–water partition coefficient (Wildman–Crippen LogP) is 15.6. The van der Waals surface area contributed by atoms with E-state index in [1.807, 2.05) is 34.6 Å². The van der Waals surface area contributed by atoms with Gasteiger partial charge < -0.3 is 22.6 Å². The second-order valence-electron chi connectivity index (χ2n) is 14.0. The Kier molecular flexibility index (Phi) is 26.5. The van der Waals surface area contributed by atoms with Crippen molar-refractivity contribution in [3.05, 3.63) is 143 Å². The molecule has 4 aromatic carbocycles.